The molecule has 3 rings (SSSR count). The predicted molar refractivity (Wildman–Crippen MR) is 86.5 cm³/mol. The van der Waals surface area contributed by atoms with E-state index in [9.17, 15) is 9.90 Å². The van der Waals surface area contributed by atoms with Gasteiger partial charge < -0.3 is 10.0 Å². The summed E-state index contributed by atoms with van der Waals surface area (Å²) < 4.78 is 0. The largest absolute Gasteiger partial charge is 0.478 e. The zero-order valence-corrected chi connectivity index (χ0v) is 13.3. The summed E-state index contributed by atoms with van der Waals surface area (Å²) in [4.78, 5) is 20.5. The fourth-order valence-corrected chi connectivity index (χ4v) is 3.65. The SMILES string of the molecule is Cc1ccc(C(=O)O)c(N2CCN(CC3CCCC3)CC2)n1. The van der Waals surface area contributed by atoms with E-state index in [2.05, 4.69) is 14.8 Å². The van der Waals surface area contributed by atoms with Gasteiger partial charge in [0, 0.05) is 38.4 Å². The summed E-state index contributed by atoms with van der Waals surface area (Å²) in [5.41, 5.74) is 1.18. The zero-order valence-electron chi connectivity index (χ0n) is 13.3. The monoisotopic (exact) mass is 303 g/mol. The second kappa shape index (κ2) is 6.65. The van der Waals surface area contributed by atoms with E-state index in [1.807, 2.05) is 6.92 Å². The summed E-state index contributed by atoms with van der Waals surface area (Å²) >= 11 is 0. The molecule has 120 valence electrons. The third-order valence-corrected chi connectivity index (χ3v) is 4.91. The number of anilines is 1. The molecule has 1 aromatic rings. The Bertz CT molecular complexity index is 533. The van der Waals surface area contributed by atoms with E-state index in [-0.39, 0.29) is 0 Å². The maximum Gasteiger partial charge on any atom is 0.339 e. The first-order valence-corrected chi connectivity index (χ1v) is 8.32. The highest BCUT2D eigenvalue weighted by Gasteiger charge is 2.25. The van der Waals surface area contributed by atoms with Crippen molar-refractivity contribution in [3.05, 3.63) is 23.4 Å². The Balaban J connectivity index is 1.63. The number of aromatic nitrogens is 1. The van der Waals surface area contributed by atoms with Gasteiger partial charge in [-0.3, -0.25) is 4.90 Å². The number of hydrogen-bond donors (Lipinski definition) is 1. The molecule has 1 N–H and O–H groups in total. The number of piperazine rings is 1. The van der Waals surface area contributed by atoms with Crippen molar-refractivity contribution in [2.75, 3.05) is 37.6 Å². The lowest BCUT2D eigenvalue weighted by molar-refractivity contribution is 0.0697. The molecule has 2 aliphatic rings. The van der Waals surface area contributed by atoms with Gasteiger partial charge in [-0.05, 0) is 37.8 Å². The topological polar surface area (TPSA) is 56.7 Å². The molecule has 2 heterocycles. The van der Waals surface area contributed by atoms with Crippen LogP contribution in [0.3, 0.4) is 0 Å². The van der Waals surface area contributed by atoms with Gasteiger partial charge in [0.05, 0.1) is 0 Å². The Morgan fingerprint density at radius 3 is 2.55 bits per heavy atom. The van der Waals surface area contributed by atoms with Gasteiger partial charge in [0.2, 0.25) is 0 Å². The highest BCUT2D eigenvalue weighted by atomic mass is 16.4. The highest BCUT2D eigenvalue weighted by Crippen LogP contribution is 2.26. The lowest BCUT2D eigenvalue weighted by Gasteiger charge is -2.37. The second-order valence-electron chi connectivity index (χ2n) is 6.57. The number of carboxylic acid groups (broad SMARTS) is 1. The minimum Gasteiger partial charge on any atom is -0.478 e. The van der Waals surface area contributed by atoms with Gasteiger partial charge in [0.25, 0.3) is 0 Å². The Labute approximate surface area is 131 Å². The first-order valence-electron chi connectivity index (χ1n) is 8.32. The van der Waals surface area contributed by atoms with E-state index in [0.717, 1.165) is 37.8 Å². The molecule has 5 nitrogen and oxygen atoms in total. The Morgan fingerprint density at radius 2 is 1.91 bits per heavy atom. The Kier molecular flexibility index (Phi) is 4.62. The van der Waals surface area contributed by atoms with Gasteiger partial charge in [0.15, 0.2) is 0 Å². The van der Waals surface area contributed by atoms with Crippen LogP contribution in [0.1, 0.15) is 41.7 Å². The lowest BCUT2D eigenvalue weighted by Crippen LogP contribution is -2.48. The first kappa shape index (κ1) is 15.3. The van der Waals surface area contributed by atoms with Crippen LogP contribution in [0.25, 0.3) is 0 Å². The van der Waals surface area contributed by atoms with E-state index in [1.54, 1.807) is 12.1 Å². The van der Waals surface area contributed by atoms with Crippen molar-refractivity contribution < 1.29 is 9.90 Å². The molecule has 5 heteroatoms. The van der Waals surface area contributed by atoms with Crippen molar-refractivity contribution in [1.82, 2.24) is 9.88 Å². The average molecular weight is 303 g/mol. The third kappa shape index (κ3) is 3.40. The van der Waals surface area contributed by atoms with Crippen LogP contribution < -0.4 is 4.90 Å². The van der Waals surface area contributed by atoms with Crippen molar-refractivity contribution in [1.29, 1.82) is 0 Å². The summed E-state index contributed by atoms with van der Waals surface area (Å²) in [7, 11) is 0. The van der Waals surface area contributed by atoms with E-state index in [4.69, 9.17) is 0 Å². The Hall–Kier alpha value is -1.62. The molecule has 2 fully saturated rings. The van der Waals surface area contributed by atoms with Crippen LogP contribution in [0, 0.1) is 12.8 Å². The van der Waals surface area contributed by atoms with Gasteiger partial charge in [-0.25, -0.2) is 9.78 Å². The molecule has 0 unspecified atom stereocenters. The van der Waals surface area contributed by atoms with E-state index in [0.29, 0.717) is 11.4 Å². The van der Waals surface area contributed by atoms with Crippen molar-refractivity contribution in [2.45, 2.75) is 32.6 Å². The minimum absolute atomic E-state index is 0.315. The molecule has 0 spiro atoms. The Morgan fingerprint density at radius 1 is 1.23 bits per heavy atom. The fourth-order valence-electron chi connectivity index (χ4n) is 3.65. The molecule has 0 radical (unpaired) electrons. The van der Waals surface area contributed by atoms with Gasteiger partial charge >= 0.3 is 5.97 Å². The highest BCUT2D eigenvalue weighted by molar-refractivity contribution is 5.93. The molecular weight excluding hydrogens is 278 g/mol. The van der Waals surface area contributed by atoms with Crippen LogP contribution in [0.2, 0.25) is 0 Å². The molecule has 0 aromatic carbocycles. The van der Waals surface area contributed by atoms with Crippen molar-refractivity contribution >= 4 is 11.8 Å². The average Bonchev–Trinajstić information content (AvgIpc) is 3.00. The quantitative estimate of drug-likeness (QED) is 0.925. The minimum atomic E-state index is -0.893. The van der Waals surface area contributed by atoms with Crippen LogP contribution >= 0.6 is 0 Å². The third-order valence-electron chi connectivity index (χ3n) is 4.91. The van der Waals surface area contributed by atoms with Crippen LogP contribution in [0.4, 0.5) is 5.82 Å². The van der Waals surface area contributed by atoms with Crippen LogP contribution in [0.5, 0.6) is 0 Å². The summed E-state index contributed by atoms with van der Waals surface area (Å²) in [5, 5.41) is 9.35. The van der Waals surface area contributed by atoms with Gasteiger partial charge in [-0.15, -0.1) is 0 Å². The summed E-state index contributed by atoms with van der Waals surface area (Å²) in [6, 6.07) is 3.44. The smallest absolute Gasteiger partial charge is 0.339 e. The molecule has 1 aliphatic heterocycles. The number of aryl methyl sites for hydroxylation is 1. The molecule has 0 atom stereocenters. The number of pyridine rings is 1. The molecule has 1 saturated carbocycles. The van der Waals surface area contributed by atoms with Crippen molar-refractivity contribution in [3.63, 3.8) is 0 Å². The van der Waals surface area contributed by atoms with Gasteiger partial charge in [-0.1, -0.05) is 12.8 Å². The molecule has 22 heavy (non-hydrogen) atoms. The van der Waals surface area contributed by atoms with Crippen LogP contribution in [0.15, 0.2) is 12.1 Å². The maximum atomic E-state index is 11.4. The van der Waals surface area contributed by atoms with Crippen molar-refractivity contribution in [2.24, 2.45) is 5.92 Å². The number of carboxylic acids is 1. The van der Waals surface area contributed by atoms with Crippen LogP contribution in [-0.4, -0.2) is 53.7 Å². The lowest BCUT2D eigenvalue weighted by atomic mass is 10.1. The van der Waals surface area contributed by atoms with E-state index >= 15 is 0 Å². The predicted octanol–water partition coefficient (Wildman–Crippen LogP) is 2.40. The molecule has 1 saturated heterocycles. The molecule has 1 aliphatic carbocycles. The molecular formula is C17H25N3O2. The molecule has 0 amide bonds. The first-order chi connectivity index (χ1) is 10.6. The van der Waals surface area contributed by atoms with Gasteiger partial charge in [-0.2, -0.15) is 0 Å². The number of aromatic carboxylic acids is 1. The maximum absolute atomic E-state index is 11.4. The number of hydrogen-bond acceptors (Lipinski definition) is 4. The van der Waals surface area contributed by atoms with E-state index < -0.39 is 5.97 Å². The van der Waals surface area contributed by atoms with Gasteiger partial charge in [0.1, 0.15) is 11.4 Å². The number of carbonyl (C=O) groups is 1. The molecule has 1 aromatic heterocycles. The number of rotatable bonds is 4. The van der Waals surface area contributed by atoms with Crippen LogP contribution in [-0.2, 0) is 0 Å². The molecule has 0 bridgehead atoms. The zero-order chi connectivity index (χ0) is 15.5. The second-order valence-corrected chi connectivity index (χ2v) is 6.57. The number of nitrogens with zero attached hydrogens (tertiary/aromatic N) is 3. The summed E-state index contributed by atoms with van der Waals surface area (Å²) in [5.74, 6) is 0.613. The van der Waals surface area contributed by atoms with E-state index in [1.165, 1.54) is 32.2 Å². The fraction of sp³-hybridized carbons (Fsp3) is 0.647. The van der Waals surface area contributed by atoms with Crippen molar-refractivity contribution in [3.8, 4) is 0 Å². The standard InChI is InChI=1S/C17H25N3O2/c1-13-6-7-15(17(21)22)16(18-13)20-10-8-19(9-11-20)12-14-4-2-3-5-14/h6-7,14H,2-5,8-12H2,1H3,(H,21,22). The summed E-state index contributed by atoms with van der Waals surface area (Å²) in [6.45, 7) is 6.86. The normalized spacial score (nSPS) is 20.5. The summed E-state index contributed by atoms with van der Waals surface area (Å²) in [6.07, 6.45) is 5.53.